The van der Waals surface area contributed by atoms with Gasteiger partial charge in [0.1, 0.15) is 23.7 Å². The maximum Gasteiger partial charge on any atom is 0.233 e. The number of ether oxygens (including phenoxy) is 2. The van der Waals surface area contributed by atoms with Crippen molar-refractivity contribution in [2.24, 2.45) is 0 Å². The van der Waals surface area contributed by atoms with Crippen LogP contribution < -0.4 is 20.1 Å². The predicted octanol–water partition coefficient (Wildman–Crippen LogP) is 4.45. The van der Waals surface area contributed by atoms with Gasteiger partial charge in [-0.3, -0.25) is 9.59 Å². The normalized spacial score (nSPS) is 10.0. The summed E-state index contributed by atoms with van der Waals surface area (Å²) in [4.78, 5) is 24.1. The average molecular weight is 376 g/mol. The number of hydrogen-bond acceptors (Lipinski definition) is 4. The molecule has 0 heterocycles. The molecule has 3 aromatic rings. The lowest BCUT2D eigenvalue weighted by molar-refractivity contribution is -0.123. The molecule has 6 nitrogen and oxygen atoms in total. The SMILES string of the molecule is COc1cccc(NC(=O)CC(=O)Nc2ccc(Oc3ccccc3)cc2)c1. The molecule has 2 N–H and O–H groups in total. The van der Waals surface area contributed by atoms with E-state index in [1.807, 2.05) is 30.3 Å². The van der Waals surface area contributed by atoms with Gasteiger partial charge in [-0.25, -0.2) is 0 Å². The fourth-order valence-corrected chi connectivity index (χ4v) is 2.49. The molecule has 0 saturated heterocycles. The van der Waals surface area contributed by atoms with Crippen molar-refractivity contribution < 1.29 is 19.1 Å². The molecule has 0 aliphatic rings. The molecule has 0 aliphatic heterocycles. The Morgan fingerprint density at radius 3 is 2.00 bits per heavy atom. The molecule has 0 radical (unpaired) electrons. The molecule has 28 heavy (non-hydrogen) atoms. The number of methoxy groups -OCH3 is 1. The maximum atomic E-state index is 12.1. The van der Waals surface area contributed by atoms with Crippen LogP contribution in [0.1, 0.15) is 6.42 Å². The van der Waals surface area contributed by atoms with Crippen LogP contribution in [0.4, 0.5) is 11.4 Å². The number of carbonyl (C=O) groups excluding carboxylic acids is 2. The first kappa shape index (κ1) is 19.0. The van der Waals surface area contributed by atoms with E-state index < -0.39 is 11.8 Å². The third-order valence-electron chi connectivity index (χ3n) is 3.79. The number of anilines is 2. The maximum absolute atomic E-state index is 12.1. The van der Waals surface area contributed by atoms with Crippen LogP contribution in [0, 0.1) is 0 Å². The predicted molar refractivity (Wildman–Crippen MR) is 108 cm³/mol. The van der Waals surface area contributed by atoms with Gasteiger partial charge < -0.3 is 20.1 Å². The first-order valence-electron chi connectivity index (χ1n) is 8.69. The molecule has 0 saturated carbocycles. The van der Waals surface area contributed by atoms with Crippen molar-refractivity contribution >= 4 is 23.2 Å². The summed E-state index contributed by atoms with van der Waals surface area (Å²) < 4.78 is 10.8. The lowest BCUT2D eigenvalue weighted by Gasteiger charge is -2.09. The summed E-state index contributed by atoms with van der Waals surface area (Å²) in [6.07, 6.45) is -0.292. The van der Waals surface area contributed by atoms with Gasteiger partial charge in [-0.1, -0.05) is 24.3 Å². The summed E-state index contributed by atoms with van der Waals surface area (Å²) in [6.45, 7) is 0. The van der Waals surface area contributed by atoms with Gasteiger partial charge in [0.2, 0.25) is 11.8 Å². The Kier molecular flexibility index (Phi) is 6.25. The fraction of sp³-hybridized carbons (Fsp3) is 0.0909. The Labute approximate surface area is 163 Å². The van der Waals surface area contributed by atoms with Gasteiger partial charge in [0.15, 0.2) is 0 Å². The number of rotatable bonds is 7. The van der Waals surface area contributed by atoms with Gasteiger partial charge in [0.05, 0.1) is 7.11 Å². The summed E-state index contributed by atoms with van der Waals surface area (Å²) in [5.41, 5.74) is 1.15. The second-order valence-electron chi connectivity index (χ2n) is 5.94. The summed E-state index contributed by atoms with van der Waals surface area (Å²) in [5.74, 6) is 1.19. The van der Waals surface area contributed by atoms with Crippen molar-refractivity contribution in [2.75, 3.05) is 17.7 Å². The number of carbonyl (C=O) groups is 2. The highest BCUT2D eigenvalue weighted by atomic mass is 16.5. The van der Waals surface area contributed by atoms with Crippen LogP contribution in [0.15, 0.2) is 78.9 Å². The minimum absolute atomic E-state index is 0.292. The van der Waals surface area contributed by atoms with E-state index in [4.69, 9.17) is 9.47 Å². The molecule has 0 unspecified atom stereocenters. The topological polar surface area (TPSA) is 76.7 Å². The second-order valence-corrected chi connectivity index (χ2v) is 5.94. The Morgan fingerprint density at radius 1 is 0.714 bits per heavy atom. The summed E-state index contributed by atoms with van der Waals surface area (Å²) in [6, 6.07) is 23.3. The third kappa shape index (κ3) is 5.60. The van der Waals surface area contributed by atoms with Gasteiger partial charge in [-0.2, -0.15) is 0 Å². The third-order valence-corrected chi connectivity index (χ3v) is 3.79. The van der Waals surface area contributed by atoms with Crippen LogP contribution in [0.5, 0.6) is 17.2 Å². The first-order valence-corrected chi connectivity index (χ1v) is 8.69. The Bertz CT molecular complexity index is 940. The van der Waals surface area contributed by atoms with Crippen LogP contribution in [0.25, 0.3) is 0 Å². The molecule has 2 amide bonds. The van der Waals surface area contributed by atoms with Gasteiger partial charge in [-0.15, -0.1) is 0 Å². The lowest BCUT2D eigenvalue weighted by atomic mass is 10.2. The van der Waals surface area contributed by atoms with Crippen LogP contribution in [0.2, 0.25) is 0 Å². The van der Waals surface area contributed by atoms with Crippen molar-refractivity contribution in [2.45, 2.75) is 6.42 Å². The van der Waals surface area contributed by atoms with Gasteiger partial charge >= 0.3 is 0 Å². The van der Waals surface area contributed by atoms with Crippen molar-refractivity contribution in [3.63, 3.8) is 0 Å². The zero-order valence-electron chi connectivity index (χ0n) is 15.3. The highest BCUT2D eigenvalue weighted by Gasteiger charge is 2.10. The van der Waals surface area contributed by atoms with E-state index in [0.717, 1.165) is 5.75 Å². The summed E-state index contributed by atoms with van der Waals surface area (Å²) in [7, 11) is 1.55. The zero-order valence-corrected chi connectivity index (χ0v) is 15.3. The molecular weight excluding hydrogens is 356 g/mol. The van der Waals surface area contributed by atoms with E-state index in [1.54, 1.807) is 55.6 Å². The molecule has 0 atom stereocenters. The molecule has 142 valence electrons. The molecule has 0 bridgehead atoms. The zero-order chi connectivity index (χ0) is 19.8. The molecule has 0 fully saturated rings. The smallest absolute Gasteiger partial charge is 0.233 e. The first-order chi connectivity index (χ1) is 13.6. The van der Waals surface area contributed by atoms with E-state index in [0.29, 0.717) is 22.9 Å². The number of amides is 2. The summed E-state index contributed by atoms with van der Waals surface area (Å²) in [5, 5.41) is 5.36. The number of hydrogen-bond donors (Lipinski definition) is 2. The monoisotopic (exact) mass is 376 g/mol. The van der Waals surface area contributed by atoms with E-state index >= 15 is 0 Å². The molecule has 0 aliphatic carbocycles. The van der Waals surface area contributed by atoms with E-state index in [-0.39, 0.29) is 6.42 Å². The van der Waals surface area contributed by atoms with Gasteiger partial charge in [0, 0.05) is 17.4 Å². The van der Waals surface area contributed by atoms with Crippen LogP contribution >= 0.6 is 0 Å². The molecule has 0 spiro atoms. The molecule has 6 heteroatoms. The fourth-order valence-electron chi connectivity index (χ4n) is 2.49. The largest absolute Gasteiger partial charge is 0.497 e. The standard InChI is InChI=1S/C22H20N2O4/c1-27-20-9-5-6-17(14-20)24-22(26)15-21(25)23-16-10-12-19(13-11-16)28-18-7-3-2-4-8-18/h2-14H,15H2,1H3,(H,23,25)(H,24,26). The minimum Gasteiger partial charge on any atom is -0.497 e. The van der Waals surface area contributed by atoms with Crippen molar-refractivity contribution in [1.29, 1.82) is 0 Å². The van der Waals surface area contributed by atoms with Crippen LogP contribution in [0.3, 0.4) is 0 Å². The Hall–Kier alpha value is -3.80. The van der Waals surface area contributed by atoms with Gasteiger partial charge in [0.25, 0.3) is 0 Å². The number of nitrogens with one attached hydrogen (secondary N) is 2. The molecule has 3 aromatic carbocycles. The number of para-hydroxylation sites is 1. The van der Waals surface area contributed by atoms with E-state index in [2.05, 4.69) is 10.6 Å². The molecule has 0 aromatic heterocycles. The van der Waals surface area contributed by atoms with E-state index in [1.165, 1.54) is 0 Å². The Morgan fingerprint density at radius 2 is 1.32 bits per heavy atom. The van der Waals surface area contributed by atoms with Crippen molar-refractivity contribution in [1.82, 2.24) is 0 Å². The van der Waals surface area contributed by atoms with Crippen LogP contribution in [-0.4, -0.2) is 18.9 Å². The van der Waals surface area contributed by atoms with Crippen LogP contribution in [-0.2, 0) is 9.59 Å². The second kappa shape index (κ2) is 9.23. The highest BCUT2D eigenvalue weighted by Crippen LogP contribution is 2.22. The lowest BCUT2D eigenvalue weighted by Crippen LogP contribution is -2.21. The quantitative estimate of drug-likeness (QED) is 0.597. The molecular formula is C22H20N2O4. The van der Waals surface area contributed by atoms with E-state index in [9.17, 15) is 9.59 Å². The minimum atomic E-state index is -0.408. The van der Waals surface area contributed by atoms with Crippen molar-refractivity contribution in [3.8, 4) is 17.2 Å². The van der Waals surface area contributed by atoms with Gasteiger partial charge in [-0.05, 0) is 48.5 Å². The number of benzene rings is 3. The molecule has 3 rings (SSSR count). The summed E-state index contributed by atoms with van der Waals surface area (Å²) >= 11 is 0. The Balaban J connectivity index is 1.50. The highest BCUT2D eigenvalue weighted by molar-refractivity contribution is 6.08. The average Bonchev–Trinajstić information content (AvgIpc) is 2.70. The van der Waals surface area contributed by atoms with Crippen molar-refractivity contribution in [3.05, 3.63) is 78.9 Å².